The zero-order valence-corrected chi connectivity index (χ0v) is 14.2. The molecule has 6 nitrogen and oxygen atoms in total. The topological polar surface area (TPSA) is 75.5 Å². The van der Waals surface area contributed by atoms with Gasteiger partial charge in [-0.3, -0.25) is 14.9 Å². The van der Waals surface area contributed by atoms with E-state index in [0.29, 0.717) is 23.5 Å². The summed E-state index contributed by atoms with van der Waals surface area (Å²) in [5.74, 6) is -0.823. The van der Waals surface area contributed by atoms with Gasteiger partial charge in [0.2, 0.25) is 5.91 Å². The minimum Gasteiger partial charge on any atom is -0.379 e. The van der Waals surface area contributed by atoms with Crippen LogP contribution in [0.5, 0.6) is 0 Å². The molecule has 152 valence electrons. The molecule has 0 saturated heterocycles. The fraction of sp³-hybridized carbons (Fsp3) is 0.533. The average Bonchev–Trinajstić information content (AvgIpc) is 2.52. The van der Waals surface area contributed by atoms with Crippen LogP contribution in [0.15, 0.2) is 18.2 Å². The van der Waals surface area contributed by atoms with Gasteiger partial charge in [0.1, 0.15) is 12.2 Å². The number of nitro benzene ring substituents is 1. The summed E-state index contributed by atoms with van der Waals surface area (Å²) in [6, 6.07) is 1.81. The SMILES string of the molecule is CCCN(CC(F)(F)F)C(=O)CCNc1ccc(C(F)(F)F)cc1[N+](=O)[O-]. The summed E-state index contributed by atoms with van der Waals surface area (Å²) in [5.41, 5.74) is -2.33. The first-order valence-corrected chi connectivity index (χ1v) is 7.79. The van der Waals surface area contributed by atoms with E-state index >= 15 is 0 Å². The lowest BCUT2D eigenvalue weighted by Crippen LogP contribution is -2.40. The number of halogens is 6. The van der Waals surface area contributed by atoms with Gasteiger partial charge in [-0.25, -0.2) is 0 Å². The Balaban J connectivity index is 2.80. The van der Waals surface area contributed by atoms with Crippen molar-refractivity contribution in [3.8, 4) is 0 Å². The van der Waals surface area contributed by atoms with Gasteiger partial charge in [-0.05, 0) is 18.6 Å². The van der Waals surface area contributed by atoms with Gasteiger partial charge in [0.15, 0.2) is 0 Å². The fourth-order valence-electron chi connectivity index (χ4n) is 2.25. The number of carbonyl (C=O) groups excluding carboxylic acids is 1. The highest BCUT2D eigenvalue weighted by atomic mass is 19.4. The Morgan fingerprint density at radius 2 is 1.85 bits per heavy atom. The number of anilines is 1. The molecule has 0 aromatic heterocycles. The maximum Gasteiger partial charge on any atom is 0.416 e. The van der Waals surface area contributed by atoms with Gasteiger partial charge in [0.25, 0.3) is 5.69 Å². The number of alkyl halides is 6. The monoisotopic (exact) mass is 401 g/mol. The van der Waals surface area contributed by atoms with E-state index in [1.54, 1.807) is 6.92 Å². The number of rotatable bonds is 8. The zero-order valence-electron chi connectivity index (χ0n) is 14.2. The van der Waals surface area contributed by atoms with Crippen molar-refractivity contribution < 1.29 is 36.1 Å². The Labute approximate surface area is 150 Å². The van der Waals surface area contributed by atoms with Crippen molar-refractivity contribution >= 4 is 17.3 Å². The Morgan fingerprint density at radius 1 is 1.22 bits per heavy atom. The van der Waals surface area contributed by atoms with Crippen molar-refractivity contribution in [1.29, 1.82) is 0 Å². The van der Waals surface area contributed by atoms with E-state index < -0.39 is 47.4 Å². The molecule has 0 radical (unpaired) electrons. The first-order chi connectivity index (χ1) is 12.3. The van der Waals surface area contributed by atoms with E-state index in [1.807, 2.05) is 0 Å². The van der Waals surface area contributed by atoms with E-state index in [9.17, 15) is 41.3 Å². The van der Waals surface area contributed by atoms with Crippen molar-refractivity contribution in [3.63, 3.8) is 0 Å². The van der Waals surface area contributed by atoms with Gasteiger partial charge in [-0.2, -0.15) is 26.3 Å². The lowest BCUT2D eigenvalue weighted by molar-refractivity contribution is -0.384. The summed E-state index contributed by atoms with van der Waals surface area (Å²) in [6.45, 7) is -0.206. The summed E-state index contributed by atoms with van der Waals surface area (Å²) >= 11 is 0. The van der Waals surface area contributed by atoms with Gasteiger partial charge in [0.05, 0.1) is 10.5 Å². The van der Waals surface area contributed by atoms with Crippen LogP contribution in [-0.4, -0.2) is 41.5 Å². The molecule has 0 saturated carbocycles. The second-order valence-corrected chi connectivity index (χ2v) is 5.59. The van der Waals surface area contributed by atoms with E-state index in [-0.39, 0.29) is 18.8 Å². The third-order valence-electron chi connectivity index (χ3n) is 3.39. The van der Waals surface area contributed by atoms with Crippen LogP contribution in [0, 0.1) is 10.1 Å². The Hall–Kier alpha value is -2.53. The van der Waals surface area contributed by atoms with Crippen LogP contribution < -0.4 is 5.32 Å². The number of hydrogen-bond acceptors (Lipinski definition) is 4. The number of nitrogens with one attached hydrogen (secondary N) is 1. The molecular formula is C15H17F6N3O3. The molecule has 0 spiro atoms. The van der Waals surface area contributed by atoms with Crippen molar-refractivity contribution in [1.82, 2.24) is 4.90 Å². The lowest BCUT2D eigenvalue weighted by Gasteiger charge is -2.23. The molecule has 27 heavy (non-hydrogen) atoms. The minimum absolute atomic E-state index is 0.112. The van der Waals surface area contributed by atoms with Crippen LogP contribution in [0.3, 0.4) is 0 Å². The van der Waals surface area contributed by atoms with Gasteiger partial charge < -0.3 is 10.2 Å². The third kappa shape index (κ3) is 7.31. The fourth-order valence-corrected chi connectivity index (χ4v) is 2.25. The van der Waals surface area contributed by atoms with Crippen LogP contribution in [0.1, 0.15) is 25.3 Å². The van der Waals surface area contributed by atoms with E-state index in [4.69, 9.17) is 0 Å². The smallest absolute Gasteiger partial charge is 0.379 e. The van der Waals surface area contributed by atoms with Crippen LogP contribution >= 0.6 is 0 Å². The highest BCUT2D eigenvalue weighted by molar-refractivity contribution is 5.77. The number of nitro groups is 1. The molecule has 1 aromatic carbocycles. The van der Waals surface area contributed by atoms with E-state index in [0.717, 1.165) is 6.07 Å². The quantitative estimate of drug-likeness (QED) is 0.402. The maximum atomic E-state index is 12.6. The van der Waals surface area contributed by atoms with Crippen LogP contribution in [-0.2, 0) is 11.0 Å². The number of amides is 1. The zero-order chi connectivity index (χ0) is 20.8. The van der Waals surface area contributed by atoms with Crippen LogP contribution in [0.4, 0.5) is 37.7 Å². The molecule has 0 atom stereocenters. The highest BCUT2D eigenvalue weighted by Gasteiger charge is 2.34. The number of hydrogen-bond donors (Lipinski definition) is 1. The molecule has 12 heteroatoms. The lowest BCUT2D eigenvalue weighted by atomic mass is 10.1. The van der Waals surface area contributed by atoms with Crippen LogP contribution in [0.2, 0.25) is 0 Å². The Morgan fingerprint density at radius 3 is 2.33 bits per heavy atom. The van der Waals surface area contributed by atoms with E-state index in [2.05, 4.69) is 5.32 Å². The predicted molar refractivity (Wildman–Crippen MR) is 84.1 cm³/mol. The largest absolute Gasteiger partial charge is 0.416 e. The minimum atomic E-state index is -4.77. The maximum absolute atomic E-state index is 12.6. The van der Waals surface area contributed by atoms with Crippen molar-refractivity contribution in [2.75, 3.05) is 25.0 Å². The second-order valence-electron chi connectivity index (χ2n) is 5.59. The molecule has 0 aliphatic rings. The van der Waals surface area contributed by atoms with Gasteiger partial charge in [-0.15, -0.1) is 0 Å². The summed E-state index contributed by atoms with van der Waals surface area (Å²) in [4.78, 5) is 22.4. The molecule has 1 N–H and O–H groups in total. The number of carbonyl (C=O) groups is 1. The molecular weight excluding hydrogens is 384 g/mol. The molecule has 0 fully saturated rings. The standard InChI is InChI=1S/C15H17F6N3O3/c1-2-7-23(9-14(16,17)18)13(25)5-6-22-11-4-3-10(15(19,20)21)8-12(11)24(26)27/h3-4,8,22H,2,5-7,9H2,1H3. The molecule has 1 aromatic rings. The first kappa shape index (κ1) is 22.5. The van der Waals surface area contributed by atoms with Gasteiger partial charge in [0, 0.05) is 25.6 Å². The molecule has 0 aliphatic heterocycles. The highest BCUT2D eigenvalue weighted by Crippen LogP contribution is 2.34. The summed E-state index contributed by atoms with van der Waals surface area (Å²) in [5, 5.41) is 13.4. The average molecular weight is 401 g/mol. The van der Waals surface area contributed by atoms with Crippen molar-refractivity contribution in [2.24, 2.45) is 0 Å². The molecule has 1 rings (SSSR count). The number of nitrogens with zero attached hydrogens (tertiary/aromatic N) is 2. The molecule has 1 amide bonds. The molecule has 0 aliphatic carbocycles. The summed E-state index contributed by atoms with van der Waals surface area (Å²) < 4.78 is 75.3. The Kier molecular flexibility index (Phi) is 7.43. The second kappa shape index (κ2) is 8.91. The molecule has 0 unspecified atom stereocenters. The normalized spacial score (nSPS) is 12.0. The van der Waals surface area contributed by atoms with Crippen molar-refractivity contribution in [2.45, 2.75) is 32.1 Å². The van der Waals surface area contributed by atoms with E-state index in [1.165, 1.54) is 0 Å². The summed E-state index contributed by atoms with van der Waals surface area (Å²) in [6.07, 6.45) is -9.43. The number of benzene rings is 1. The third-order valence-corrected chi connectivity index (χ3v) is 3.39. The van der Waals surface area contributed by atoms with Crippen molar-refractivity contribution in [3.05, 3.63) is 33.9 Å². The molecule has 0 heterocycles. The molecule has 0 bridgehead atoms. The van der Waals surface area contributed by atoms with Crippen LogP contribution in [0.25, 0.3) is 0 Å². The predicted octanol–water partition coefficient (Wildman–Crippen LogP) is 4.22. The summed E-state index contributed by atoms with van der Waals surface area (Å²) in [7, 11) is 0. The Bertz CT molecular complexity index is 676. The van der Waals surface area contributed by atoms with Gasteiger partial charge >= 0.3 is 12.4 Å². The first-order valence-electron chi connectivity index (χ1n) is 7.79. The van der Waals surface area contributed by atoms with Gasteiger partial charge in [-0.1, -0.05) is 6.92 Å².